The third-order valence-corrected chi connectivity index (χ3v) is 8.28. The Balaban J connectivity index is 1.35. The Morgan fingerprint density at radius 1 is 0.615 bits per heavy atom. The summed E-state index contributed by atoms with van der Waals surface area (Å²) >= 11 is 0. The quantitative estimate of drug-likeness (QED) is 0.253. The topological polar surface area (TPSA) is 12.0 Å². The molecule has 2 unspecified atom stereocenters. The highest BCUT2D eigenvalue weighted by atomic mass is 14.9. The van der Waals surface area contributed by atoms with E-state index in [1.165, 1.54) is 44.5 Å². The molecule has 0 fully saturated rings. The summed E-state index contributed by atoms with van der Waals surface area (Å²) in [6.07, 6.45) is 8.27. The highest BCUT2D eigenvalue weighted by Gasteiger charge is 2.47. The summed E-state index contributed by atoms with van der Waals surface area (Å²) in [5.74, 6) is 0.560. The van der Waals surface area contributed by atoms with Gasteiger partial charge < -0.3 is 5.32 Å². The SMILES string of the molecule is CC1C=CC(C2(c3ccccc3)c3ccccc3-c3ccc(Nc4ccc(-c5ccccc5)cc4)cc32)=CC1. The van der Waals surface area contributed by atoms with Gasteiger partial charge in [0, 0.05) is 11.4 Å². The van der Waals surface area contributed by atoms with Gasteiger partial charge in [-0.05, 0) is 81.1 Å². The number of rotatable bonds is 5. The molecule has 0 heterocycles. The summed E-state index contributed by atoms with van der Waals surface area (Å²) < 4.78 is 0. The first kappa shape index (κ1) is 23.5. The molecule has 1 heteroatoms. The van der Waals surface area contributed by atoms with Crippen molar-refractivity contribution in [3.8, 4) is 22.3 Å². The number of nitrogens with one attached hydrogen (secondary N) is 1. The zero-order chi connectivity index (χ0) is 26.2. The van der Waals surface area contributed by atoms with Crippen LogP contribution in [0.3, 0.4) is 0 Å². The van der Waals surface area contributed by atoms with Crippen LogP contribution < -0.4 is 5.32 Å². The fourth-order valence-electron chi connectivity index (χ4n) is 6.38. The molecule has 0 spiro atoms. The standard InChI is InChI=1S/C38H31N/c1-27-16-20-31(21-17-27)38(30-12-6-3-7-13-30)36-15-9-8-14-34(36)35-25-24-33(26-37(35)38)39-32-22-18-29(19-23-32)28-10-4-2-5-11-28/h2-16,18-27,39H,17H2,1H3. The molecule has 5 aromatic rings. The van der Waals surface area contributed by atoms with Crippen LogP contribution in [0.2, 0.25) is 0 Å². The number of hydrogen-bond acceptors (Lipinski definition) is 1. The zero-order valence-electron chi connectivity index (χ0n) is 22.1. The highest BCUT2D eigenvalue weighted by Crippen LogP contribution is 2.57. The van der Waals surface area contributed by atoms with Gasteiger partial charge in [-0.2, -0.15) is 0 Å². The van der Waals surface area contributed by atoms with Crippen LogP contribution in [0.25, 0.3) is 22.3 Å². The van der Waals surface area contributed by atoms with Crippen LogP contribution in [0.1, 0.15) is 30.0 Å². The third kappa shape index (κ3) is 3.94. The monoisotopic (exact) mass is 501 g/mol. The highest BCUT2D eigenvalue weighted by molar-refractivity contribution is 5.88. The van der Waals surface area contributed by atoms with Crippen molar-refractivity contribution in [1.82, 2.24) is 0 Å². The van der Waals surface area contributed by atoms with Crippen molar-refractivity contribution in [2.45, 2.75) is 18.8 Å². The van der Waals surface area contributed by atoms with Crippen molar-refractivity contribution >= 4 is 11.4 Å². The van der Waals surface area contributed by atoms with Crippen molar-refractivity contribution in [3.05, 3.63) is 168 Å². The molecule has 2 aliphatic rings. The van der Waals surface area contributed by atoms with E-state index < -0.39 is 0 Å². The van der Waals surface area contributed by atoms with Gasteiger partial charge in [0.05, 0.1) is 5.41 Å². The van der Waals surface area contributed by atoms with Crippen LogP contribution in [0.4, 0.5) is 11.4 Å². The van der Waals surface area contributed by atoms with Gasteiger partial charge in [0.2, 0.25) is 0 Å². The molecular formula is C38H31N. The van der Waals surface area contributed by atoms with Gasteiger partial charge in [0.25, 0.3) is 0 Å². The summed E-state index contributed by atoms with van der Waals surface area (Å²) in [7, 11) is 0. The van der Waals surface area contributed by atoms with Crippen LogP contribution in [0.5, 0.6) is 0 Å². The summed E-state index contributed by atoms with van der Waals surface area (Å²) in [5.41, 5.74) is 12.3. The van der Waals surface area contributed by atoms with Gasteiger partial charge >= 0.3 is 0 Å². The maximum absolute atomic E-state index is 3.70. The lowest BCUT2D eigenvalue weighted by Gasteiger charge is -2.36. The summed E-state index contributed by atoms with van der Waals surface area (Å²) in [4.78, 5) is 0. The molecular weight excluding hydrogens is 470 g/mol. The number of fused-ring (bicyclic) bond motifs is 3. The van der Waals surface area contributed by atoms with Crippen LogP contribution in [-0.4, -0.2) is 0 Å². The minimum atomic E-state index is -0.349. The maximum atomic E-state index is 3.70. The van der Waals surface area contributed by atoms with Crippen molar-refractivity contribution in [3.63, 3.8) is 0 Å². The van der Waals surface area contributed by atoms with E-state index in [4.69, 9.17) is 0 Å². The predicted octanol–water partition coefficient (Wildman–Crippen LogP) is 9.93. The first-order chi connectivity index (χ1) is 19.2. The molecule has 1 N–H and O–H groups in total. The van der Waals surface area contributed by atoms with Crippen molar-refractivity contribution in [2.24, 2.45) is 5.92 Å². The Morgan fingerprint density at radius 3 is 2.00 bits per heavy atom. The average molecular weight is 502 g/mol. The number of benzene rings is 5. The number of allylic oxidation sites excluding steroid dienone is 4. The van der Waals surface area contributed by atoms with Crippen LogP contribution in [-0.2, 0) is 5.41 Å². The van der Waals surface area contributed by atoms with Crippen LogP contribution >= 0.6 is 0 Å². The Morgan fingerprint density at radius 2 is 1.26 bits per heavy atom. The molecule has 1 nitrogen and oxygen atoms in total. The van der Waals surface area contributed by atoms with Gasteiger partial charge in [0.1, 0.15) is 0 Å². The molecule has 0 bridgehead atoms. The van der Waals surface area contributed by atoms with Gasteiger partial charge in [-0.3, -0.25) is 0 Å². The molecule has 0 aromatic heterocycles. The van der Waals surface area contributed by atoms with E-state index >= 15 is 0 Å². The fraction of sp³-hybridized carbons (Fsp3) is 0.105. The Kier molecular flexibility index (Phi) is 5.78. The maximum Gasteiger partial charge on any atom is 0.0711 e. The normalized spacial score (nSPS) is 19.2. The number of anilines is 2. The molecule has 0 saturated carbocycles. The molecule has 5 aromatic carbocycles. The second-order valence-electron chi connectivity index (χ2n) is 10.7. The minimum Gasteiger partial charge on any atom is -0.356 e. The molecule has 188 valence electrons. The molecule has 0 amide bonds. The molecule has 2 aliphatic carbocycles. The van der Waals surface area contributed by atoms with Crippen molar-refractivity contribution < 1.29 is 0 Å². The molecule has 0 radical (unpaired) electrons. The van der Waals surface area contributed by atoms with Crippen molar-refractivity contribution in [2.75, 3.05) is 5.32 Å². The number of hydrogen-bond donors (Lipinski definition) is 1. The smallest absolute Gasteiger partial charge is 0.0711 e. The molecule has 0 aliphatic heterocycles. The molecule has 0 saturated heterocycles. The lowest BCUT2D eigenvalue weighted by molar-refractivity contribution is 0.691. The van der Waals surface area contributed by atoms with Crippen LogP contribution in [0.15, 0.2) is 151 Å². The third-order valence-electron chi connectivity index (χ3n) is 8.28. The van der Waals surface area contributed by atoms with E-state index in [9.17, 15) is 0 Å². The largest absolute Gasteiger partial charge is 0.356 e. The Bertz CT molecular complexity index is 1690. The van der Waals surface area contributed by atoms with E-state index in [2.05, 4.69) is 158 Å². The lowest BCUT2D eigenvalue weighted by Crippen LogP contribution is -2.30. The first-order valence-electron chi connectivity index (χ1n) is 13.8. The minimum absolute atomic E-state index is 0.349. The Labute approximate surface area is 231 Å². The van der Waals surface area contributed by atoms with Crippen molar-refractivity contribution in [1.29, 1.82) is 0 Å². The second kappa shape index (κ2) is 9.60. The molecule has 39 heavy (non-hydrogen) atoms. The molecule has 2 atom stereocenters. The predicted molar refractivity (Wildman–Crippen MR) is 164 cm³/mol. The van der Waals surface area contributed by atoms with Gasteiger partial charge in [-0.25, -0.2) is 0 Å². The van der Waals surface area contributed by atoms with E-state index in [1.54, 1.807) is 0 Å². The van der Waals surface area contributed by atoms with Gasteiger partial charge in [-0.15, -0.1) is 0 Å². The van der Waals surface area contributed by atoms with E-state index in [-0.39, 0.29) is 5.41 Å². The van der Waals surface area contributed by atoms with Crippen LogP contribution in [0, 0.1) is 5.92 Å². The van der Waals surface area contributed by atoms with Gasteiger partial charge in [0.15, 0.2) is 0 Å². The Hall–Kier alpha value is -4.62. The zero-order valence-corrected chi connectivity index (χ0v) is 22.1. The first-order valence-corrected chi connectivity index (χ1v) is 13.8. The second-order valence-corrected chi connectivity index (χ2v) is 10.7. The molecule has 7 rings (SSSR count). The average Bonchev–Trinajstić information content (AvgIpc) is 3.29. The summed E-state index contributed by atoms with van der Waals surface area (Å²) in [5, 5.41) is 3.70. The summed E-state index contributed by atoms with van der Waals surface area (Å²) in [6, 6.07) is 46.1. The van der Waals surface area contributed by atoms with E-state index in [0.29, 0.717) is 5.92 Å². The van der Waals surface area contributed by atoms with E-state index in [0.717, 1.165) is 17.8 Å². The van der Waals surface area contributed by atoms with Gasteiger partial charge in [-0.1, -0.05) is 128 Å². The van der Waals surface area contributed by atoms with E-state index in [1.807, 2.05) is 0 Å². The summed E-state index contributed by atoms with van der Waals surface area (Å²) in [6.45, 7) is 2.29. The lowest BCUT2D eigenvalue weighted by atomic mass is 9.66. The fourth-order valence-corrected chi connectivity index (χ4v) is 6.38.